The third kappa shape index (κ3) is 1.69. The van der Waals surface area contributed by atoms with Crippen molar-refractivity contribution in [2.45, 2.75) is 25.9 Å². The number of hydrogen-bond acceptors (Lipinski definition) is 1. The van der Waals surface area contributed by atoms with Crippen LogP contribution in [0.3, 0.4) is 0 Å². The van der Waals surface area contributed by atoms with Gasteiger partial charge in [0.2, 0.25) is 0 Å². The van der Waals surface area contributed by atoms with Crippen LogP contribution in [-0.4, -0.2) is 6.61 Å². The quantitative estimate of drug-likeness (QED) is 0.444. The molecule has 0 saturated carbocycles. The van der Waals surface area contributed by atoms with Crippen LogP contribution in [-0.2, 0) is 11.2 Å². The van der Waals surface area contributed by atoms with Gasteiger partial charge in [-0.2, -0.15) is 0 Å². The van der Waals surface area contributed by atoms with Crippen molar-refractivity contribution in [3.05, 3.63) is 34.4 Å². The molecule has 1 fully saturated rings. The Morgan fingerprint density at radius 1 is 1.06 bits per heavy atom. The van der Waals surface area contributed by atoms with Crippen LogP contribution in [0.25, 0.3) is 0 Å². The molecular weight excluding hydrogens is 224 g/mol. The smallest absolute Gasteiger partial charge is 0.168 e. The van der Waals surface area contributed by atoms with E-state index < -0.39 is 40.5 Å². The lowest BCUT2D eigenvalue weighted by atomic mass is 10.0. The normalized spacial score (nSPS) is 18.9. The summed E-state index contributed by atoms with van der Waals surface area (Å²) in [4.78, 5) is 0. The molecule has 2 rings (SSSR count). The van der Waals surface area contributed by atoms with Crippen molar-refractivity contribution in [2.75, 3.05) is 6.61 Å². The lowest BCUT2D eigenvalue weighted by Crippen LogP contribution is -2.08. The molecule has 1 heterocycles. The fraction of sp³-hybridized carbons (Fsp3) is 0.455. The SMILES string of the molecule is CCCc1c(F)c(F)c(C2CO2)c(F)c1F. The van der Waals surface area contributed by atoms with Crippen molar-refractivity contribution >= 4 is 0 Å². The molecule has 1 saturated heterocycles. The molecule has 88 valence electrons. The molecule has 16 heavy (non-hydrogen) atoms. The zero-order valence-corrected chi connectivity index (χ0v) is 8.62. The van der Waals surface area contributed by atoms with Crippen LogP contribution >= 0.6 is 0 Å². The number of ether oxygens (including phenoxy) is 1. The summed E-state index contributed by atoms with van der Waals surface area (Å²) in [7, 11) is 0. The van der Waals surface area contributed by atoms with Gasteiger partial charge in [0.25, 0.3) is 0 Å². The van der Waals surface area contributed by atoms with Gasteiger partial charge in [0.05, 0.1) is 12.2 Å². The van der Waals surface area contributed by atoms with Gasteiger partial charge in [-0.15, -0.1) is 0 Å². The first-order chi connectivity index (χ1) is 7.57. The van der Waals surface area contributed by atoms with E-state index >= 15 is 0 Å². The van der Waals surface area contributed by atoms with E-state index in [2.05, 4.69) is 4.74 Å². The minimum absolute atomic E-state index is 0.0304. The Morgan fingerprint density at radius 3 is 1.94 bits per heavy atom. The molecule has 1 aliphatic rings. The third-order valence-electron chi connectivity index (χ3n) is 2.54. The van der Waals surface area contributed by atoms with Crippen molar-refractivity contribution in [3.8, 4) is 0 Å². The molecule has 1 atom stereocenters. The molecule has 0 aromatic heterocycles. The van der Waals surface area contributed by atoms with Gasteiger partial charge in [0.15, 0.2) is 23.3 Å². The highest BCUT2D eigenvalue weighted by atomic mass is 19.2. The van der Waals surface area contributed by atoms with Crippen molar-refractivity contribution in [1.82, 2.24) is 0 Å². The highest BCUT2D eigenvalue weighted by molar-refractivity contribution is 5.32. The van der Waals surface area contributed by atoms with Gasteiger partial charge >= 0.3 is 0 Å². The van der Waals surface area contributed by atoms with Crippen LogP contribution in [0.4, 0.5) is 17.6 Å². The molecule has 1 aliphatic heterocycles. The minimum atomic E-state index is -1.33. The van der Waals surface area contributed by atoms with Crippen molar-refractivity contribution in [3.63, 3.8) is 0 Å². The molecule has 1 nitrogen and oxygen atoms in total. The van der Waals surface area contributed by atoms with Crippen LogP contribution in [0.2, 0.25) is 0 Å². The first-order valence-corrected chi connectivity index (χ1v) is 5.04. The van der Waals surface area contributed by atoms with Gasteiger partial charge in [-0.3, -0.25) is 0 Å². The Kier molecular flexibility index (Phi) is 2.88. The molecule has 0 aliphatic carbocycles. The first-order valence-electron chi connectivity index (χ1n) is 5.04. The maximum atomic E-state index is 13.5. The van der Waals surface area contributed by atoms with Gasteiger partial charge in [0, 0.05) is 5.56 Å². The van der Waals surface area contributed by atoms with Gasteiger partial charge in [-0.05, 0) is 6.42 Å². The van der Waals surface area contributed by atoms with E-state index in [0.717, 1.165) is 0 Å². The fourth-order valence-electron chi connectivity index (χ4n) is 1.66. The molecule has 5 heteroatoms. The second kappa shape index (κ2) is 4.05. The standard InChI is InChI=1S/C11H10F4O/c1-2-3-5-8(12)10(14)7(6-4-16-6)11(15)9(5)13/h6H,2-4H2,1H3. The van der Waals surface area contributed by atoms with E-state index in [1.165, 1.54) is 0 Å². The second-order valence-electron chi connectivity index (χ2n) is 3.72. The lowest BCUT2D eigenvalue weighted by Gasteiger charge is -2.09. The van der Waals surface area contributed by atoms with E-state index in [0.29, 0.717) is 6.42 Å². The molecule has 0 N–H and O–H groups in total. The van der Waals surface area contributed by atoms with Crippen LogP contribution < -0.4 is 0 Å². The predicted molar refractivity (Wildman–Crippen MR) is 49.0 cm³/mol. The molecule has 1 aromatic rings. The second-order valence-corrected chi connectivity index (χ2v) is 3.72. The van der Waals surface area contributed by atoms with Crippen molar-refractivity contribution in [1.29, 1.82) is 0 Å². The van der Waals surface area contributed by atoms with Crippen molar-refractivity contribution < 1.29 is 22.3 Å². The van der Waals surface area contributed by atoms with Crippen LogP contribution in [0.1, 0.15) is 30.6 Å². The number of hydrogen-bond donors (Lipinski definition) is 0. The molecule has 0 radical (unpaired) electrons. The van der Waals surface area contributed by atoms with Crippen LogP contribution in [0.15, 0.2) is 0 Å². The summed E-state index contributed by atoms with van der Waals surface area (Å²) < 4.78 is 58.4. The predicted octanol–water partition coefficient (Wildman–Crippen LogP) is 3.27. The Hall–Kier alpha value is -1.10. The van der Waals surface area contributed by atoms with Crippen LogP contribution in [0.5, 0.6) is 0 Å². The molecule has 1 aromatic carbocycles. The minimum Gasteiger partial charge on any atom is -0.368 e. The maximum absolute atomic E-state index is 13.5. The number of benzene rings is 1. The summed E-state index contributed by atoms with van der Waals surface area (Å²) in [5, 5.41) is 0. The molecule has 0 bridgehead atoms. The van der Waals surface area contributed by atoms with E-state index in [9.17, 15) is 17.6 Å². The van der Waals surface area contributed by atoms with Gasteiger partial charge in [-0.25, -0.2) is 17.6 Å². The van der Waals surface area contributed by atoms with E-state index in [1.54, 1.807) is 6.92 Å². The van der Waals surface area contributed by atoms with E-state index in [4.69, 9.17) is 0 Å². The topological polar surface area (TPSA) is 12.5 Å². The summed E-state index contributed by atoms with van der Waals surface area (Å²) in [6.07, 6.45) is -0.469. The molecule has 0 spiro atoms. The monoisotopic (exact) mass is 234 g/mol. The van der Waals surface area contributed by atoms with Crippen LogP contribution in [0, 0.1) is 23.3 Å². The highest BCUT2D eigenvalue weighted by Crippen LogP contribution is 2.37. The number of rotatable bonds is 3. The van der Waals surface area contributed by atoms with Gasteiger partial charge < -0.3 is 4.74 Å². The fourth-order valence-corrected chi connectivity index (χ4v) is 1.66. The maximum Gasteiger partial charge on any atom is 0.168 e. The van der Waals surface area contributed by atoms with Gasteiger partial charge in [-0.1, -0.05) is 13.3 Å². The zero-order chi connectivity index (χ0) is 11.9. The van der Waals surface area contributed by atoms with E-state index in [1.807, 2.05) is 0 Å². The number of halogens is 4. The summed E-state index contributed by atoms with van der Waals surface area (Å²) >= 11 is 0. The first kappa shape index (κ1) is 11.4. The Bertz CT molecular complexity index is 397. The average molecular weight is 234 g/mol. The summed E-state index contributed by atoms with van der Waals surface area (Å²) in [5.74, 6) is -5.26. The molecule has 1 unspecified atom stereocenters. The Balaban J connectivity index is 2.58. The summed E-state index contributed by atoms with van der Waals surface area (Å²) in [5.41, 5.74) is -1.16. The Morgan fingerprint density at radius 2 is 1.56 bits per heavy atom. The van der Waals surface area contributed by atoms with E-state index in [-0.39, 0.29) is 13.0 Å². The average Bonchev–Trinajstić information content (AvgIpc) is 3.06. The Labute approximate surface area is 90.0 Å². The largest absolute Gasteiger partial charge is 0.368 e. The molecule has 0 amide bonds. The number of epoxide rings is 1. The van der Waals surface area contributed by atoms with Gasteiger partial charge in [0.1, 0.15) is 6.10 Å². The summed E-state index contributed by atoms with van der Waals surface area (Å²) in [6.45, 7) is 1.77. The zero-order valence-electron chi connectivity index (χ0n) is 8.62. The summed E-state index contributed by atoms with van der Waals surface area (Å²) in [6, 6.07) is 0. The molecular formula is C11H10F4O. The van der Waals surface area contributed by atoms with Crippen molar-refractivity contribution in [2.24, 2.45) is 0 Å². The third-order valence-corrected chi connectivity index (χ3v) is 2.54. The lowest BCUT2D eigenvalue weighted by molar-refractivity contribution is 0.373. The highest BCUT2D eigenvalue weighted by Gasteiger charge is 2.36.